The number of carbonyl (C=O) groups is 3. The quantitative estimate of drug-likeness (QED) is 0.310. The van der Waals surface area contributed by atoms with E-state index in [2.05, 4.69) is 15.3 Å². The number of fused-ring (bicyclic) bond motifs is 1. The van der Waals surface area contributed by atoms with Crippen molar-refractivity contribution >= 4 is 17.7 Å². The summed E-state index contributed by atoms with van der Waals surface area (Å²) in [6.07, 6.45) is 3.73. The zero-order valence-electron chi connectivity index (χ0n) is 19.1. The number of aromatic hydroxyl groups is 1. The predicted molar refractivity (Wildman–Crippen MR) is 128 cm³/mol. The Balaban J connectivity index is 1.58. The van der Waals surface area contributed by atoms with Crippen LogP contribution in [0.25, 0.3) is 0 Å². The number of nitrogens with two attached hydrogens (primary N) is 2. The number of hydrogen-bond acceptors (Lipinski definition) is 6. The van der Waals surface area contributed by atoms with Gasteiger partial charge in [0.25, 0.3) is 0 Å². The second-order valence-electron chi connectivity index (χ2n) is 8.68. The largest absolute Gasteiger partial charge is 0.508 e. The first kappa shape index (κ1) is 24.0. The number of nitrogens with one attached hydrogen (secondary N) is 2. The number of hydrogen-bond donors (Lipinski definition) is 5. The number of rotatable bonds is 8. The molecular formula is C25H28N6O4. The fourth-order valence-corrected chi connectivity index (χ4v) is 4.28. The van der Waals surface area contributed by atoms with Crippen molar-refractivity contribution in [2.75, 3.05) is 0 Å². The first-order valence-corrected chi connectivity index (χ1v) is 11.3. The number of primary amides is 1. The van der Waals surface area contributed by atoms with Crippen molar-refractivity contribution < 1.29 is 19.5 Å². The van der Waals surface area contributed by atoms with Gasteiger partial charge in [-0.15, -0.1) is 0 Å². The lowest BCUT2D eigenvalue weighted by Gasteiger charge is -2.37. The molecule has 7 N–H and O–H groups in total. The zero-order chi connectivity index (χ0) is 24.9. The summed E-state index contributed by atoms with van der Waals surface area (Å²) in [6.45, 7) is 0.199. The van der Waals surface area contributed by atoms with Gasteiger partial charge in [-0.05, 0) is 28.8 Å². The minimum Gasteiger partial charge on any atom is -0.508 e. The van der Waals surface area contributed by atoms with Crippen LogP contribution >= 0.6 is 0 Å². The van der Waals surface area contributed by atoms with Crippen LogP contribution in [0.1, 0.15) is 22.4 Å². The van der Waals surface area contributed by atoms with Gasteiger partial charge in [-0.3, -0.25) is 14.4 Å². The van der Waals surface area contributed by atoms with Gasteiger partial charge in [0.2, 0.25) is 17.7 Å². The van der Waals surface area contributed by atoms with Crippen molar-refractivity contribution in [1.82, 2.24) is 20.2 Å². The highest BCUT2D eigenvalue weighted by Gasteiger charge is 2.37. The monoisotopic (exact) mass is 476 g/mol. The third-order valence-electron chi connectivity index (χ3n) is 6.18. The lowest BCUT2D eigenvalue weighted by atomic mass is 9.92. The van der Waals surface area contributed by atoms with E-state index in [0.717, 1.165) is 16.7 Å². The Morgan fingerprint density at radius 2 is 1.83 bits per heavy atom. The maximum absolute atomic E-state index is 13.8. The van der Waals surface area contributed by atoms with Gasteiger partial charge >= 0.3 is 0 Å². The molecule has 0 saturated heterocycles. The van der Waals surface area contributed by atoms with E-state index < -0.39 is 35.8 Å². The van der Waals surface area contributed by atoms with Crippen LogP contribution in [-0.4, -0.2) is 55.8 Å². The van der Waals surface area contributed by atoms with Gasteiger partial charge in [0.1, 0.15) is 17.8 Å². The van der Waals surface area contributed by atoms with E-state index >= 15 is 0 Å². The third kappa shape index (κ3) is 5.67. The molecule has 1 aliphatic rings. The number of phenolic OH excluding ortho intramolecular Hbond substituents is 1. The Kier molecular flexibility index (Phi) is 7.11. The van der Waals surface area contributed by atoms with Crippen LogP contribution in [-0.2, 0) is 40.2 Å². The van der Waals surface area contributed by atoms with Crippen molar-refractivity contribution in [2.24, 2.45) is 11.5 Å². The molecule has 0 saturated carbocycles. The SMILES string of the molecule is NC(=O)C1Cc2ccccc2CN1C(=O)C(Cc1ccc(O)cc1)NC(=O)C(N)Cc1cnc[nH]1. The topological polar surface area (TPSA) is 167 Å². The molecule has 10 nitrogen and oxygen atoms in total. The molecule has 10 heteroatoms. The summed E-state index contributed by atoms with van der Waals surface area (Å²) in [4.78, 5) is 47.3. The Morgan fingerprint density at radius 1 is 1.11 bits per heavy atom. The number of aromatic amines is 1. The predicted octanol–water partition coefficient (Wildman–Crippen LogP) is 0.151. The third-order valence-corrected chi connectivity index (χ3v) is 6.18. The Bertz CT molecular complexity index is 1190. The number of amides is 3. The fourth-order valence-electron chi connectivity index (χ4n) is 4.28. The smallest absolute Gasteiger partial charge is 0.246 e. The van der Waals surface area contributed by atoms with E-state index in [4.69, 9.17) is 11.5 Å². The molecule has 35 heavy (non-hydrogen) atoms. The van der Waals surface area contributed by atoms with E-state index in [9.17, 15) is 19.5 Å². The molecule has 2 aromatic carbocycles. The molecule has 1 aliphatic heterocycles. The normalized spacial score (nSPS) is 16.7. The van der Waals surface area contributed by atoms with Crippen molar-refractivity contribution in [1.29, 1.82) is 0 Å². The number of aromatic nitrogens is 2. The van der Waals surface area contributed by atoms with Crippen LogP contribution in [0.15, 0.2) is 61.1 Å². The van der Waals surface area contributed by atoms with E-state index in [0.29, 0.717) is 12.1 Å². The maximum Gasteiger partial charge on any atom is 0.246 e. The van der Waals surface area contributed by atoms with E-state index in [1.54, 1.807) is 18.3 Å². The highest BCUT2D eigenvalue weighted by atomic mass is 16.3. The van der Waals surface area contributed by atoms with Crippen LogP contribution in [0.5, 0.6) is 5.75 Å². The van der Waals surface area contributed by atoms with Crippen molar-refractivity contribution in [3.8, 4) is 5.75 Å². The molecule has 3 amide bonds. The minimum absolute atomic E-state index is 0.0867. The van der Waals surface area contributed by atoms with E-state index in [1.165, 1.54) is 23.4 Å². The molecule has 0 bridgehead atoms. The molecular weight excluding hydrogens is 448 g/mol. The van der Waals surface area contributed by atoms with Crippen molar-refractivity contribution in [2.45, 2.75) is 43.9 Å². The number of imidazole rings is 1. The second kappa shape index (κ2) is 10.4. The van der Waals surface area contributed by atoms with Crippen LogP contribution in [0.3, 0.4) is 0 Å². The van der Waals surface area contributed by atoms with Gasteiger partial charge in [0, 0.05) is 37.7 Å². The van der Waals surface area contributed by atoms with Gasteiger partial charge in [0.15, 0.2) is 0 Å². The molecule has 1 aromatic heterocycles. The lowest BCUT2D eigenvalue weighted by Crippen LogP contribution is -2.59. The molecule has 182 valence electrons. The number of nitrogens with zero attached hydrogens (tertiary/aromatic N) is 2. The van der Waals surface area contributed by atoms with Crippen LogP contribution < -0.4 is 16.8 Å². The van der Waals surface area contributed by atoms with Crippen LogP contribution in [0.2, 0.25) is 0 Å². The molecule has 0 spiro atoms. The number of carbonyl (C=O) groups excluding carboxylic acids is 3. The van der Waals surface area contributed by atoms with Crippen molar-refractivity contribution in [3.05, 3.63) is 83.4 Å². The molecule has 3 atom stereocenters. The van der Waals surface area contributed by atoms with Crippen molar-refractivity contribution in [3.63, 3.8) is 0 Å². The average molecular weight is 477 g/mol. The Labute approximate surface area is 202 Å². The molecule has 0 fully saturated rings. The molecule has 0 radical (unpaired) electrons. The Hall–Kier alpha value is -4.18. The standard InChI is InChI=1S/C25H28N6O4/c26-20(11-18-12-28-14-29-18)24(34)30-21(9-15-5-7-19(32)8-6-15)25(35)31-13-17-4-2-1-3-16(17)10-22(31)23(27)33/h1-8,12,14,20-22,32H,9-11,13,26H2,(H2,27,33)(H,28,29)(H,30,34). The molecule has 0 aliphatic carbocycles. The Morgan fingerprint density at radius 3 is 2.49 bits per heavy atom. The summed E-state index contributed by atoms with van der Waals surface area (Å²) in [7, 11) is 0. The van der Waals surface area contributed by atoms with Gasteiger partial charge in [0.05, 0.1) is 12.4 Å². The summed E-state index contributed by atoms with van der Waals surface area (Å²) in [5.41, 5.74) is 15.1. The summed E-state index contributed by atoms with van der Waals surface area (Å²) in [5.74, 6) is -1.47. The highest BCUT2D eigenvalue weighted by Crippen LogP contribution is 2.24. The summed E-state index contributed by atoms with van der Waals surface area (Å²) in [5, 5.41) is 12.4. The number of benzene rings is 2. The van der Waals surface area contributed by atoms with Gasteiger partial charge in [-0.1, -0.05) is 36.4 Å². The summed E-state index contributed by atoms with van der Waals surface area (Å²) >= 11 is 0. The van der Waals surface area contributed by atoms with E-state index in [1.807, 2.05) is 24.3 Å². The highest BCUT2D eigenvalue weighted by molar-refractivity contribution is 5.93. The second-order valence-corrected chi connectivity index (χ2v) is 8.68. The van der Waals surface area contributed by atoms with Gasteiger partial charge in [-0.25, -0.2) is 4.98 Å². The van der Waals surface area contributed by atoms with Crippen LogP contribution in [0, 0.1) is 0 Å². The zero-order valence-corrected chi connectivity index (χ0v) is 19.1. The van der Waals surface area contributed by atoms with E-state index in [-0.39, 0.29) is 25.1 Å². The molecule has 2 heterocycles. The number of phenols is 1. The molecule has 4 rings (SSSR count). The number of H-pyrrole nitrogens is 1. The molecule has 3 unspecified atom stereocenters. The van der Waals surface area contributed by atoms with Crippen LogP contribution in [0.4, 0.5) is 0 Å². The minimum atomic E-state index is -0.994. The van der Waals surface area contributed by atoms with Gasteiger partial charge < -0.3 is 31.8 Å². The first-order chi connectivity index (χ1) is 16.8. The molecule has 3 aromatic rings. The summed E-state index contributed by atoms with van der Waals surface area (Å²) in [6, 6.07) is 11.2. The maximum atomic E-state index is 13.8. The average Bonchev–Trinajstić information content (AvgIpc) is 3.36. The fraction of sp³-hybridized carbons (Fsp3) is 0.280. The lowest BCUT2D eigenvalue weighted by molar-refractivity contribution is -0.143. The van der Waals surface area contributed by atoms with Gasteiger partial charge in [-0.2, -0.15) is 0 Å². The first-order valence-electron chi connectivity index (χ1n) is 11.3. The summed E-state index contributed by atoms with van der Waals surface area (Å²) < 4.78 is 0.